The SMILES string of the molecule is [2H]C([2H])([2H])OC(=O)N[C@H](C(=O)N[C@@H](Cc1ccccc1)[C@H](CN(Cc1ccc(-c2ccccn2)cc1)NC(=O)[C@@H](NC(C)=O)C(C)(C)C)OP(=O)(O)O)C(C([2H])([2H])[2H])(C([2H])([2H])[2H])C([2H])([2H])[2H]. The summed E-state index contributed by atoms with van der Waals surface area (Å²) in [5.74, 6) is -3.31. The number of phosphoric ester groups is 1. The van der Waals surface area contributed by atoms with Crippen molar-refractivity contribution in [3.8, 4) is 11.3 Å². The molecule has 0 bridgehead atoms. The third-order valence-corrected chi connectivity index (χ3v) is 8.38. The van der Waals surface area contributed by atoms with Gasteiger partial charge >= 0.3 is 13.9 Å². The highest BCUT2D eigenvalue weighted by Crippen LogP contribution is 2.39. The number of hydrazine groups is 1. The Kier molecular flexibility index (Phi) is 10.2. The van der Waals surface area contributed by atoms with Crippen LogP contribution in [0.4, 0.5) is 4.79 Å². The first kappa shape index (κ1) is 28.7. The number of phosphoric acid groups is 1. The molecular weight excluding hydrogens is 715 g/mol. The summed E-state index contributed by atoms with van der Waals surface area (Å²) in [5, 5.41) is 7.46. The van der Waals surface area contributed by atoms with Gasteiger partial charge in [-0.05, 0) is 40.5 Å². The van der Waals surface area contributed by atoms with Crippen LogP contribution in [-0.4, -0.2) is 81.4 Å². The maximum Gasteiger partial charge on any atom is 0.469 e. The van der Waals surface area contributed by atoms with Gasteiger partial charge in [0.05, 0.1) is 22.9 Å². The molecule has 0 spiro atoms. The van der Waals surface area contributed by atoms with E-state index in [-0.39, 0.29) is 6.54 Å². The van der Waals surface area contributed by atoms with Crippen LogP contribution >= 0.6 is 7.82 Å². The number of rotatable bonds is 16. The molecule has 3 rings (SSSR count). The molecule has 3 aromatic rings. The second-order valence-corrected chi connectivity index (χ2v) is 14.7. The summed E-state index contributed by atoms with van der Waals surface area (Å²) in [4.78, 5) is 78.9. The molecule has 0 radical (unpaired) electrons. The smallest absolute Gasteiger partial charge is 0.453 e. The highest BCUT2D eigenvalue weighted by Gasteiger charge is 2.39. The predicted octanol–water partition coefficient (Wildman–Crippen LogP) is 4.11. The Morgan fingerprint density at radius 1 is 0.852 bits per heavy atom. The van der Waals surface area contributed by atoms with Gasteiger partial charge in [-0.2, -0.15) is 0 Å². The van der Waals surface area contributed by atoms with Crippen LogP contribution in [0.25, 0.3) is 11.3 Å². The molecule has 294 valence electrons. The molecule has 0 saturated heterocycles. The van der Waals surface area contributed by atoms with Crippen LogP contribution in [0.2, 0.25) is 0 Å². The number of hydrogen-bond donors (Lipinski definition) is 6. The maximum atomic E-state index is 14.7. The van der Waals surface area contributed by atoms with E-state index in [9.17, 15) is 33.5 Å². The van der Waals surface area contributed by atoms with E-state index < -0.39 is 107 Å². The van der Waals surface area contributed by atoms with Crippen LogP contribution in [-0.2, 0) is 41.2 Å². The van der Waals surface area contributed by atoms with Crippen molar-refractivity contribution in [1.82, 2.24) is 31.4 Å². The number of carbonyl (C=O) groups is 4. The molecule has 0 saturated carbocycles. The van der Waals surface area contributed by atoms with E-state index in [1.807, 2.05) is 0 Å². The summed E-state index contributed by atoms with van der Waals surface area (Å²) in [5.41, 5.74) is -0.438. The second-order valence-electron chi connectivity index (χ2n) is 13.5. The van der Waals surface area contributed by atoms with Crippen molar-refractivity contribution in [1.29, 1.82) is 0 Å². The Labute approximate surface area is 333 Å². The fourth-order valence-corrected chi connectivity index (χ4v) is 5.90. The van der Waals surface area contributed by atoms with Gasteiger partial charge in [0.15, 0.2) is 0 Å². The lowest BCUT2D eigenvalue weighted by Crippen LogP contribution is -2.61. The molecule has 4 atom stereocenters. The van der Waals surface area contributed by atoms with E-state index in [2.05, 4.69) is 25.8 Å². The first-order valence-corrected chi connectivity index (χ1v) is 18.0. The lowest BCUT2D eigenvalue weighted by atomic mass is 9.85. The van der Waals surface area contributed by atoms with Crippen molar-refractivity contribution in [3.63, 3.8) is 0 Å². The summed E-state index contributed by atoms with van der Waals surface area (Å²) in [7, 11) is -9.24. The minimum absolute atomic E-state index is 0.274. The zero-order valence-corrected chi connectivity index (χ0v) is 30.9. The highest BCUT2D eigenvalue weighted by atomic mass is 31.2. The topological polar surface area (TPSA) is 209 Å². The van der Waals surface area contributed by atoms with Crippen molar-refractivity contribution in [2.24, 2.45) is 10.8 Å². The van der Waals surface area contributed by atoms with Crippen molar-refractivity contribution < 1.29 is 59.2 Å². The van der Waals surface area contributed by atoms with Crippen molar-refractivity contribution in [2.75, 3.05) is 13.6 Å². The second kappa shape index (κ2) is 19.1. The summed E-state index contributed by atoms with van der Waals surface area (Å²) in [6.45, 7) is -7.47. The van der Waals surface area contributed by atoms with Crippen LogP contribution in [0, 0.1) is 10.8 Å². The van der Waals surface area contributed by atoms with Crippen LogP contribution in [0.5, 0.6) is 0 Å². The average molecular weight is 781 g/mol. The number of methoxy groups -OCH3 is 1. The van der Waals surface area contributed by atoms with E-state index in [1.165, 1.54) is 36.5 Å². The number of nitrogens with zero attached hydrogens (tertiary/aromatic N) is 2. The largest absolute Gasteiger partial charge is 0.469 e. The molecule has 6 N–H and O–H groups in total. The first-order valence-electron chi connectivity index (χ1n) is 22.5. The van der Waals surface area contributed by atoms with Crippen LogP contribution in [0.1, 0.15) is 75.8 Å². The van der Waals surface area contributed by atoms with Gasteiger partial charge in [-0.1, -0.05) is 102 Å². The zero-order chi connectivity index (χ0) is 50.3. The molecule has 0 aliphatic carbocycles. The molecule has 1 heterocycles. The minimum Gasteiger partial charge on any atom is -0.453 e. The summed E-state index contributed by atoms with van der Waals surface area (Å²) >= 11 is 0. The molecule has 1 aromatic heterocycles. The van der Waals surface area contributed by atoms with Gasteiger partial charge in [-0.3, -0.25) is 29.3 Å². The van der Waals surface area contributed by atoms with Gasteiger partial charge < -0.3 is 30.5 Å². The molecule has 0 aliphatic rings. The van der Waals surface area contributed by atoms with Gasteiger partial charge in [0.1, 0.15) is 18.2 Å². The van der Waals surface area contributed by atoms with Gasteiger partial charge in [0, 0.05) is 44.1 Å². The molecule has 0 unspecified atom stereocenters. The van der Waals surface area contributed by atoms with E-state index >= 15 is 0 Å². The normalized spacial score (nSPS) is 18.5. The maximum absolute atomic E-state index is 14.7. The zero-order valence-electron chi connectivity index (χ0n) is 42.0. The van der Waals surface area contributed by atoms with Gasteiger partial charge in [-0.15, -0.1) is 0 Å². The Bertz CT molecular complexity index is 2130. The van der Waals surface area contributed by atoms with Crippen LogP contribution in [0.3, 0.4) is 0 Å². The molecular formula is C38H53N6O9P. The Morgan fingerprint density at radius 3 is 2.06 bits per heavy atom. The van der Waals surface area contributed by atoms with Crippen molar-refractivity contribution in [3.05, 3.63) is 90.1 Å². The van der Waals surface area contributed by atoms with Gasteiger partial charge in [0.25, 0.3) is 5.91 Å². The van der Waals surface area contributed by atoms with E-state index in [0.717, 1.165) is 5.01 Å². The Balaban J connectivity index is 2.31. The lowest BCUT2D eigenvalue weighted by Gasteiger charge is -2.37. The fourth-order valence-electron chi connectivity index (χ4n) is 5.34. The predicted molar refractivity (Wildman–Crippen MR) is 203 cm³/mol. The van der Waals surface area contributed by atoms with E-state index in [4.69, 9.17) is 21.0 Å². The van der Waals surface area contributed by atoms with Gasteiger partial charge in [0.2, 0.25) is 11.8 Å². The number of benzene rings is 2. The standard InChI is InChI=1S/C38H53N6O9P/c1-25(45)40-33(38(5,6)7)35(47)43-44(23-27-17-19-28(20-18-27)29-16-12-13-21-39-29)24-31(53-54(49,50)51)30(22-26-14-10-9-11-15-26)41-34(46)32(37(2,3)4)42-36(48)52-8/h9-21,30-33H,22-24H2,1-8H3,(H,40,45)(H,41,46)(H,42,48)(H,43,47)(H2,49,50,51)/t30-,31-,32+,33+/m0/s1/i2D3,3D3,4D3,8D3. The highest BCUT2D eigenvalue weighted by molar-refractivity contribution is 7.46. The molecule has 15 nitrogen and oxygen atoms in total. The summed E-state index contributed by atoms with van der Waals surface area (Å²) in [6, 6.07) is 13.3. The Hall–Kier alpha value is -4.66. The fraction of sp³-hybridized carbons (Fsp3) is 0.447. The minimum atomic E-state index is -5.66. The molecule has 54 heavy (non-hydrogen) atoms. The molecule has 16 heteroatoms. The number of amides is 4. The van der Waals surface area contributed by atoms with Gasteiger partial charge in [-0.25, -0.2) is 14.4 Å². The average Bonchev–Trinajstić information content (AvgIpc) is 3.13. The number of carbonyl (C=O) groups excluding carboxylic acids is 4. The summed E-state index contributed by atoms with van der Waals surface area (Å²) in [6.07, 6.45) is -3.06. The quantitative estimate of drug-likeness (QED) is 0.0901. The van der Waals surface area contributed by atoms with E-state index in [0.29, 0.717) is 22.4 Å². The van der Waals surface area contributed by atoms with Crippen molar-refractivity contribution in [2.45, 2.75) is 85.4 Å². The number of aromatic nitrogens is 1. The number of nitrogens with one attached hydrogen (secondary N) is 4. The van der Waals surface area contributed by atoms with Crippen molar-refractivity contribution >= 4 is 31.6 Å². The van der Waals surface area contributed by atoms with E-state index in [1.54, 1.807) is 75.5 Å². The van der Waals surface area contributed by atoms with Crippen LogP contribution < -0.4 is 21.4 Å². The Morgan fingerprint density at radius 2 is 1.50 bits per heavy atom. The monoisotopic (exact) mass is 780 g/mol. The first-order chi connectivity index (χ1) is 30.1. The number of hydrogen-bond acceptors (Lipinski definition) is 9. The molecule has 4 amide bonds. The number of alkyl carbamates (subject to hydrolysis) is 1. The number of ether oxygens (including phenoxy) is 1. The number of pyridine rings is 1. The molecule has 0 fully saturated rings. The summed E-state index contributed by atoms with van der Waals surface area (Å²) < 4.78 is 118. The third kappa shape index (κ3) is 14.3. The molecule has 2 aromatic carbocycles. The van der Waals surface area contributed by atoms with Crippen LogP contribution in [0.15, 0.2) is 79.0 Å². The molecule has 0 aliphatic heterocycles. The third-order valence-electron chi connectivity index (χ3n) is 7.83. The lowest BCUT2D eigenvalue weighted by molar-refractivity contribution is -0.135.